The van der Waals surface area contributed by atoms with Gasteiger partial charge in [-0.2, -0.15) is 5.10 Å². The quantitative estimate of drug-likeness (QED) is 0.420. The fourth-order valence-corrected chi connectivity index (χ4v) is 4.33. The summed E-state index contributed by atoms with van der Waals surface area (Å²) >= 11 is 1.70. The van der Waals surface area contributed by atoms with Crippen molar-refractivity contribution < 1.29 is 4.79 Å². The molecule has 0 spiro atoms. The molecule has 0 aliphatic carbocycles. The number of benzene rings is 2. The standard InChI is InChI=1S/C21H15N5OS/c22-20-15(5-3-7-23-20)21(27)25-14-8-13-11-24-26-19(13)16(10-14)18-9-12-4-1-2-6-17(12)28-18/h1-11H,(H2,22,23)(H,24,26)(H,25,27). The van der Waals surface area contributed by atoms with E-state index in [2.05, 4.69) is 38.7 Å². The molecule has 0 bridgehead atoms. The number of nitrogens with one attached hydrogen (secondary N) is 2. The van der Waals surface area contributed by atoms with Crippen LogP contribution in [0.1, 0.15) is 10.4 Å². The third-order valence-electron chi connectivity index (χ3n) is 4.58. The first kappa shape index (κ1) is 16.5. The minimum Gasteiger partial charge on any atom is -0.383 e. The first-order chi connectivity index (χ1) is 13.7. The number of aromatic nitrogens is 3. The molecule has 2 aromatic carbocycles. The Morgan fingerprint density at radius 3 is 2.82 bits per heavy atom. The van der Waals surface area contributed by atoms with Gasteiger partial charge in [0.2, 0.25) is 0 Å². The van der Waals surface area contributed by atoms with Crippen molar-refractivity contribution in [2.75, 3.05) is 11.1 Å². The topological polar surface area (TPSA) is 96.7 Å². The van der Waals surface area contributed by atoms with Gasteiger partial charge in [-0.1, -0.05) is 18.2 Å². The molecular weight excluding hydrogens is 370 g/mol. The summed E-state index contributed by atoms with van der Waals surface area (Å²) < 4.78 is 1.21. The van der Waals surface area contributed by atoms with Gasteiger partial charge in [0.25, 0.3) is 5.91 Å². The number of hydrogen-bond donors (Lipinski definition) is 3. The van der Waals surface area contributed by atoms with Crippen LogP contribution < -0.4 is 11.1 Å². The summed E-state index contributed by atoms with van der Waals surface area (Å²) in [5.74, 6) is -0.0927. The van der Waals surface area contributed by atoms with Crippen molar-refractivity contribution in [3.8, 4) is 10.4 Å². The Labute approximate surface area is 164 Å². The van der Waals surface area contributed by atoms with Crippen molar-refractivity contribution in [3.63, 3.8) is 0 Å². The van der Waals surface area contributed by atoms with E-state index in [1.54, 1.807) is 35.9 Å². The number of rotatable bonds is 3. The predicted molar refractivity (Wildman–Crippen MR) is 114 cm³/mol. The van der Waals surface area contributed by atoms with E-state index < -0.39 is 0 Å². The number of carbonyl (C=O) groups is 1. The Morgan fingerprint density at radius 2 is 1.96 bits per heavy atom. The molecule has 0 aliphatic heterocycles. The van der Waals surface area contributed by atoms with Gasteiger partial charge in [0.1, 0.15) is 5.82 Å². The average molecular weight is 385 g/mol. The first-order valence-corrected chi connectivity index (χ1v) is 9.48. The summed E-state index contributed by atoms with van der Waals surface area (Å²) in [6.45, 7) is 0. The number of anilines is 2. The van der Waals surface area contributed by atoms with Crippen LogP contribution in [0.4, 0.5) is 11.5 Å². The van der Waals surface area contributed by atoms with E-state index in [9.17, 15) is 4.79 Å². The van der Waals surface area contributed by atoms with Gasteiger partial charge < -0.3 is 11.1 Å². The Balaban J connectivity index is 1.60. The summed E-state index contributed by atoms with van der Waals surface area (Å²) in [7, 11) is 0. The van der Waals surface area contributed by atoms with Crippen LogP contribution >= 0.6 is 11.3 Å². The maximum Gasteiger partial charge on any atom is 0.259 e. The van der Waals surface area contributed by atoms with Crippen LogP contribution in [0.2, 0.25) is 0 Å². The zero-order chi connectivity index (χ0) is 19.1. The van der Waals surface area contributed by atoms with Crippen molar-refractivity contribution in [3.05, 3.63) is 72.6 Å². The number of carbonyl (C=O) groups excluding carboxylic acids is 1. The highest BCUT2D eigenvalue weighted by molar-refractivity contribution is 7.22. The lowest BCUT2D eigenvalue weighted by Crippen LogP contribution is -2.14. The molecule has 3 heterocycles. The van der Waals surface area contributed by atoms with Gasteiger partial charge >= 0.3 is 0 Å². The maximum absolute atomic E-state index is 12.6. The number of H-pyrrole nitrogens is 1. The molecule has 7 heteroatoms. The van der Waals surface area contributed by atoms with Crippen LogP contribution in [-0.4, -0.2) is 21.1 Å². The van der Waals surface area contributed by atoms with E-state index >= 15 is 0 Å². The molecule has 0 unspecified atom stereocenters. The second-order valence-electron chi connectivity index (χ2n) is 6.40. The minimum atomic E-state index is -0.296. The second kappa shape index (κ2) is 6.47. The van der Waals surface area contributed by atoms with Gasteiger partial charge in [-0.15, -0.1) is 11.3 Å². The third kappa shape index (κ3) is 2.78. The molecule has 4 N–H and O–H groups in total. The second-order valence-corrected chi connectivity index (χ2v) is 7.48. The number of amides is 1. The number of fused-ring (bicyclic) bond motifs is 2. The fourth-order valence-electron chi connectivity index (χ4n) is 3.25. The summed E-state index contributed by atoms with van der Waals surface area (Å²) in [5, 5.41) is 12.3. The van der Waals surface area contributed by atoms with E-state index in [0.717, 1.165) is 21.3 Å². The number of nitrogens with zero attached hydrogens (tertiary/aromatic N) is 2. The molecule has 0 aliphatic rings. The molecule has 5 aromatic rings. The van der Waals surface area contributed by atoms with Crippen molar-refractivity contribution in [2.24, 2.45) is 0 Å². The van der Waals surface area contributed by atoms with Crippen LogP contribution in [0.5, 0.6) is 0 Å². The number of pyridine rings is 1. The molecule has 3 aromatic heterocycles. The molecule has 0 radical (unpaired) electrons. The molecule has 0 saturated heterocycles. The maximum atomic E-state index is 12.6. The first-order valence-electron chi connectivity index (χ1n) is 8.67. The lowest BCUT2D eigenvalue weighted by Gasteiger charge is -2.09. The molecule has 0 saturated carbocycles. The normalized spacial score (nSPS) is 11.1. The van der Waals surface area contributed by atoms with E-state index in [1.807, 2.05) is 24.3 Å². The number of nitrogens with two attached hydrogens (primary N) is 1. The zero-order valence-corrected chi connectivity index (χ0v) is 15.5. The van der Waals surface area contributed by atoms with Crippen LogP contribution in [0.15, 0.2) is 67.0 Å². The fraction of sp³-hybridized carbons (Fsp3) is 0. The molecule has 28 heavy (non-hydrogen) atoms. The summed E-state index contributed by atoms with van der Waals surface area (Å²) in [6, 6.07) is 17.6. The van der Waals surface area contributed by atoms with Crippen molar-refractivity contribution >= 4 is 49.7 Å². The molecule has 5 rings (SSSR count). The van der Waals surface area contributed by atoms with E-state index in [4.69, 9.17) is 5.73 Å². The van der Waals surface area contributed by atoms with Crippen LogP contribution in [0, 0.1) is 0 Å². The molecule has 0 atom stereocenters. The highest BCUT2D eigenvalue weighted by atomic mass is 32.1. The average Bonchev–Trinajstić information content (AvgIpc) is 3.34. The molecule has 136 valence electrons. The van der Waals surface area contributed by atoms with Gasteiger partial charge in [-0.05, 0) is 41.8 Å². The third-order valence-corrected chi connectivity index (χ3v) is 5.73. The van der Waals surface area contributed by atoms with Gasteiger partial charge in [-0.25, -0.2) is 4.98 Å². The van der Waals surface area contributed by atoms with E-state index in [1.165, 1.54) is 10.1 Å². The molecule has 1 amide bonds. The monoisotopic (exact) mass is 385 g/mol. The summed E-state index contributed by atoms with van der Waals surface area (Å²) in [5.41, 5.74) is 8.78. The van der Waals surface area contributed by atoms with Gasteiger partial charge in [-0.3, -0.25) is 9.89 Å². The Morgan fingerprint density at radius 1 is 1.07 bits per heavy atom. The van der Waals surface area contributed by atoms with E-state index in [-0.39, 0.29) is 11.7 Å². The number of aromatic amines is 1. The SMILES string of the molecule is Nc1ncccc1C(=O)Nc1cc(-c2cc3ccccc3s2)c2[nH]ncc2c1. The lowest BCUT2D eigenvalue weighted by molar-refractivity contribution is 0.102. The van der Waals surface area contributed by atoms with Crippen LogP contribution in [0.25, 0.3) is 31.4 Å². The summed E-state index contributed by atoms with van der Waals surface area (Å²) in [6.07, 6.45) is 3.31. The van der Waals surface area contributed by atoms with Crippen LogP contribution in [0.3, 0.4) is 0 Å². The number of thiophene rings is 1. The molecular formula is C21H15N5OS. The van der Waals surface area contributed by atoms with Crippen LogP contribution in [-0.2, 0) is 0 Å². The zero-order valence-electron chi connectivity index (χ0n) is 14.6. The Bertz CT molecular complexity index is 1300. The lowest BCUT2D eigenvalue weighted by atomic mass is 10.1. The van der Waals surface area contributed by atoms with Crippen molar-refractivity contribution in [1.82, 2.24) is 15.2 Å². The van der Waals surface area contributed by atoms with E-state index in [0.29, 0.717) is 11.3 Å². The predicted octanol–water partition coefficient (Wildman–Crippen LogP) is 4.67. The highest BCUT2D eigenvalue weighted by Crippen LogP contribution is 2.38. The largest absolute Gasteiger partial charge is 0.383 e. The van der Waals surface area contributed by atoms with Gasteiger partial charge in [0.05, 0.1) is 17.3 Å². The van der Waals surface area contributed by atoms with Gasteiger partial charge in [0, 0.05) is 32.4 Å². The Hall–Kier alpha value is -3.71. The number of nitrogen functional groups attached to an aromatic ring is 1. The van der Waals surface area contributed by atoms with Gasteiger partial charge in [0.15, 0.2) is 0 Å². The Kier molecular flexibility index (Phi) is 3.80. The molecule has 6 nitrogen and oxygen atoms in total. The molecule has 0 fully saturated rings. The van der Waals surface area contributed by atoms with Crippen molar-refractivity contribution in [2.45, 2.75) is 0 Å². The van der Waals surface area contributed by atoms with Crippen molar-refractivity contribution in [1.29, 1.82) is 0 Å². The highest BCUT2D eigenvalue weighted by Gasteiger charge is 2.15. The number of hydrogen-bond acceptors (Lipinski definition) is 5. The minimum absolute atomic E-state index is 0.203. The smallest absolute Gasteiger partial charge is 0.259 e. The summed E-state index contributed by atoms with van der Waals surface area (Å²) in [4.78, 5) is 17.7.